The van der Waals surface area contributed by atoms with Crippen molar-refractivity contribution < 1.29 is 9.90 Å². The van der Waals surface area contributed by atoms with Gasteiger partial charge in [-0.1, -0.05) is 60.7 Å². The molecule has 2 aromatic rings. The predicted molar refractivity (Wildman–Crippen MR) is 79.4 cm³/mol. The van der Waals surface area contributed by atoms with E-state index in [1.807, 2.05) is 60.7 Å². The van der Waals surface area contributed by atoms with E-state index >= 15 is 0 Å². The van der Waals surface area contributed by atoms with Gasteiger partial charge in [0.1, 0.15) is 12.0 Å². The van der Waals surface area contributed by atoms with Gasteiger partial charge in [0, 0.05) is 0 Å². The third-order valence-electron chi connectivity index (χ3n) is 3.05. The summed E-state index contributed by atoms with van der Waals surface area (Å²) in [4.78, 5) is 11.6. The molecule has 0 fully saturated rings. The summed E-state index contributed by atoms with van der Waals surface area (Å²) >= 11 is 5.54. The molecule has 0 aliphatic carbocycles. The molecule has 0 aliphatic rings. The molecule has 0 bridgehead atoms. The summed E-state index contributed by atoms with van der Waals surface area (Å²) in [6.45, 7) is 0. The first-order valence-electron chi connectivity index (χ1n) is 6.35. The van der Waals surface area contributed by atoms with Crippen molar-refractivity contribution in [3.05, 3.63) is 71.8 Å². The normalized spacial score (nSPS) is 13.5. The second-order valence-corrected chi connectivity index (χ2v) is 4.71. The lowest BCUT2D eigenvalue weighted by Gasteiger charge is -2.24. The maximum atomic E-state index is 11.6. The monoisotopic (exact) mass is 289 g/mol. The molecule has 0 aliphatic heterocycles. The van der Waals surface area contributed by atoms with Crippen LogP contribution in [0.5, 0.6) is 0 Å². The highest BCUT2D eigenvalue weighted by atomic mass is 35.5. The third-order valence-corrected chi connectivity index (χ3v) is 3.30. The van der Waals surface area contributed by atoms with E-state index in [9.17, 15) is 9.90 Å². The first-order valence-corrected chi connectivity index (χ1v) is 6.89. The molecule has 104 valence electrons. The van der Waals surface area contributed by atoms with Crippen LogP contribution in [0.3, 0.4) is 0 Å². The summed E-state index contributed by atoms with van der Waals surface area (Å²) in [5.41, 5.74) is 1.58. The molecular formula is C16H16ClNO2. The Hall–Kier alpha value is -1.84. The van der Waals surface area contributed by atoms with Crippen molar-refractivity contribution in [2.75, 3.05) is 5.88 Å². The van der Waals surface area contributed by atoms with Crippen molar-refractivity contribution in [1.82, 2.24) is 5.32 Å². The molecule has 0 unspecified atom stereocenters. The molecule has 0 aromatic heterocycles. The number of alkyl halides is 1. The molecule has 2 atom stereocenters. The fourth-order valence-electron chi connectivity index (χ4n) is 2.06. The Bertz CT molecular complexity index is 545. The zero-order valence-electron chi connectivity index (χ0n) is 10.9. The molecule has 0 saturated carbocycles. The van der Waals surface area contributed by atoms with Gasteiger partial charge < -0.3 is 10.4 Å². The van der Waals surface area contributed by atoms with Crippen LogP contribution in [0.15, 0.2) is 60.7 Å². The predicted octanol–water partition coefficient (Wildman–Crippen LogP) is 2.82. The van der Waals surface area contributed by atoms with Crippen LogP contribution >= 0.6 is 11.6 Å². The zero-order chi connectivity index (χ0) is 14.4. The Balaban J connectivity index is 2.29. The summed E-state index contributed by atoms with van der Waals surface area (Å²) < 4.78 is 0. The quantitative estimate of drug-likeness (QED) is 0.832. The summed E-state index contributed by atoms with van der Waals surface area (Å²) in [5.74, 6) is -0.444. The number of aliphatic hydroxyl groups excluding tert-OH is 1. The Kier molecular flexibility index (Phi) is 5.16. The molecule has 3 nitrogen and oxygen atoms in total. The van der Waals surface area contributed by atoms with E-state index in [0.29, 0.717) is 0 Å². The van der Waals surface area contributed by atoms with Crippen molar-refractivity contribution >= 4 is 17.5 Å². The van der Waals surface area contributed by atoms with E-state index in [4.69, 9.17) is 11.6 Å². The Labute approximate surface area is 123 Å². The highest BCUT2D eigenvalue weighted by Gasteiger charge is 2.23. The zero-order valence-corrected chi connectivity index (χ0v) is 11.6. The smallest absolute Gasteiger partial charge is 0.235 e. The van der Waals surface area contributed by atoms with Crippen LogP contribution in [0.4, 0.5) is 0 Å². The number of aliphatic hydroxyl groups is 1. The van der Waals surface area contributed by atoms with Crippen LogP contribution in [-0.2, 0) is 4.79 Å². The second kappa shape index (κ2) is 7.08. The van der Waals surface area contributed by atoms with Crippen LogP contribution in [0.2, 0.25) is 0 Å². The minimum atomic E-state index is -0.828. The van der Waals surface area contributed by atoms with Gasteiger partial charge in [-0.05, 0) is 11.1 Å². The first kappa shape index (κ1) is 14.6. The standard InChI is InChI=1S/C16H16ClNO2/c17-11-14(19)18-15(12-7-3-1-4-8-12)16(20)13-9-5-2-6-10-13/h1-10,15-16,20H,11H2,(H,18,19)/t15-,16+/m0/s1. The summed E-state index contributed by atoms with van der Waals surface area (Å²) in [7, 11) is 0. The molecule has 0 saturated heterocycles. The van der Waals surface area contributed by atoms with E-state index < -0.39 is 12.1 Å². The number of amides is 1. The Morgan fingerprint density at radius 2 is 1.50 bits per heavy atom. The fourth-order valence-corrected chi connectivity index (χ4v) is 2.14. The Morgan fingerprint density at radius 3 is 2.00 bits per heavy atom. The van der Waals surface area contributed by atoms with Crippen LogP contribution in [0.25, 0.3) is 0 Å². The van der Waals surface area contributed by atoms with E-state index in [2.05, 4.69) is 5.32 Å². The Morgan fingerprint density at radius 1 is 1.00 bits per heavy atom. The van der Waals surface area contributed by atoms with Crippen molar-refractivity contribution in [2.45, 2.75) is 12.1 Å². The van der Waals surface area contributed by atoms with Crippen molar-refractivity contribution in [3.8, 4) is 0 Å². The lowest BCUT2D eigenvalue weighted by atomic mass is 9.96. The average molecular weight is 290 g/mol. The van der Waals surface area contributed by atoms with Gasteiger partial charge in [0.2, 0.25) is 5.91 Å². The number of hydrogen-bond acceptors (Lipinski definition) is 2. The largest absolute Gasteiger partial charge is 0.386 e. The van der Waals surface area contributed by atoms with Crippen LogP contribution < -0.4 is 5.32 Å². The van der Waals surface area contributed by atoms with Gasteiger partial charge in [-0.15, -0.1) is 11.6 Å². The summed E-state index contributed by atoms with van der Waals surface area (Å²) in [6, 6.07) is 18.1. The maximum Gasteiger partial charge on any atom is 0.235 e. The van der Waals surface area contributed by atoms with Gasteiger partial charge in [-0.3, -0.25) is 4.79 Å². The van der Waals surface area contributed by atoms with Gasteiger partial charge in [0.15, 0.2) is 0 Å². The summed E-state index contributed by atoms with van der Waals surface area (Å²) in [5, 5.41) is 13.3. The van der Waals surface area contributed by atoms with Crippen molar-refractivity contribution in [1.29, 1.82) is 0 Å². The maximum absolute atomic E-state index is 11.6. The minimum absolute atomic E-state index is 0.134. The third kappa shape index (κ3) is 3.59. The van der Waals surface area contributed by atoms with E-state index in [0.717, 1.165) is 11.1 Å². The second-order valence-electron chi connectivity index (χ2n) is 4.45. The van der Waals surface area contributed by atoms with Crippen LogP contribution in [-0.4, -0.2) is 16.9 Å². The molecule has 2 rings (SSSR count). The van der Waals surface area contributed by atoms with Crippen LogP contribution in [0, 0.1) is 0 Å². The summed E-state index contributed by atoms with van der Waals surface area (Å²) in [6.07, 6.45) is -0.828. The lowest BCUT2D eigenvalue weighted by Crippen LogP contribution is -2.33. The van der Waals surface area contributed by atoms with Gasteiger partial charge in [-0.25, -0.2) is 0 Å². The molecule has 4 heteroatoms. The number of carbonyl (C=O) groups is 1. The van der Waals surface area contributed by atoms with Gasteiger partial charge in [-0.2, -0.15) is 0 Å². The fraction of sp³-hybridized carbons (Fsp3) is 0.188. The number of hydrogen-bond donors (Lipinski definition) is 2. The average Bonchev–Trinajstić information content (AvgIpc) is 2.53. The number of carbonyl (C=O) groups excluding carboxylic acids is 1. The van der Waals surface area contributed by atoms with Gasteiger partial charge in [0.25, 0.3) is 0 Å². The van der Waals surface area contributed by atoms with E-state index in [-0.39, 0.29) is 11.8 Å². The molecule has 1 amide bonds. The number of rotatable bonds is 5. The topological polar surface area (TPSA) is 49.3 Å². The lowest BCUT2D eigenvalue weighted by molar-refractivity contribution is -0.120. The minimum Gasteiger partial charge on any atom is -0.386 e. The van der Waals surface area contributed by atoms with Crippen molar-refractivity contribution in [3.63, 3.8) is 0 Å². The molecule has 0 heterocycles. The van der Waals surface area contributed by atoms with E-state index in [1.54, 1.807) is 0 Å². The number of halogens is 1. The SMILES string of the molecule is O=C(CCl)N[C@@H](c1ccccc1)[C@H](O)c1ccccc1. The molecule has 20 heavy (non-hydrogen) atoms. The molecule has 0 radical (unpaired) electrons. The van der Waals surface area contributed by atoms with Crippen molar-refractivity contribution in [2.24, 2.45) is 0 Å². The molecule has 2 N–H and O–H groups in total. The molecule has 2 aromatic carbocycles. The van der Waals surface area contributed by atoms with E-state index in [1.165, 1.54) is 0 Å². The van der Waals surface area contributed by atoms with Gasteiger partial charge in [0.05, 0.1) is 6.04 Å². The molecule has 0 spiro atoms. The first-order chi connectivity index (χ1) is 9.72. The van der Waals surface area contributed by atoms with Gasteiger partial charge >= 0.3 is 0 Å². The number of nitrogens with one attached hydrogen (secondary N) is 1. The highest BCUT2D eigenvalue weighted by molar-refractivity contribution is 6.27. The van der Waals surface area contributed by atoms with Crippen LogP contribution in [0.1, 0.15) is 23.3 Å². The number of benzene rings is 2. The highest BCUT2D eigenvalue weighted by Crippen LogP contribution is 2.28. The molecular weight excluding hydrogens is 274 g/mol.